The van der Waals surface area contributed by atoms with Crippen LogP contribution in [0.2, 0.25) is 25.7 Å². The predicted molar refractivity (Wildman–Crippen MR) is 47.6 cm³/mol. The molecular weight excluding hydrogens is 124 g/mol. The highest BCUT2D eigenvalue weighted by atomic mass is 28.3. The van der Waals surface area contributed by atoms with E-state index >= 15 is 0 Å². The maximum Gasteiger partial charge on any atom is 0.0445 e. The molecule has 0 N–H and O–H groups in total. The molecule has 0 aliphatic heterocycles. The minimum atomic E-state index is -0.741. The van der Waals surface area contributed by atoms with Gasteiger partial charge in [-0.3, -0.25) is 0 Å². The van der Waals surface area contributed by atoms with Crippen LogP contribution in [0.1, 0.15) is 20.3 Å². The van der Waals surface area contributed by atoms with E-state index in [1.807, 2.05) is 0 Å². The van der Waals surface area contributed by atoms with Crippen molar-refractivity contribution in [2.24, 2.45) is 5.92 Å². The largest absolute Gasteiger partial charge is 0.0695 e. The van der Waals surface area contributed by atoms with Crippen LogP contribution < -0.4 is 0 Å². The van der Waals surface area contributed by atoms with Crippen molar-refractivity contribution in [1.29, 1.82) is 0 Å². The molecule has 0 amide bonds. The van der Waals surface area contributed by atoms with Crippen LogP contribution in [0.15, 0.2) is 0 Å². The Balaban J connectivity index is 3.47. The smallest absolute Gasteiger partial charge is 0.0445 e. The van der Waals surface area contributed by atoms with E-state index < -0.39 is 8.07 Å². The number of hydrogen-bond donors (Lipinski definition) is 0. The van der Waals surface area contributed by atoms with Gasteiger partial charge in [-0.25, -0.2) is 0 Å². The molecule has 0 saturated carbocycles. The van der Waals surface area contributed by atoms with Crippen LogP contribution in [0.5, 0.6) is 0 Å². The SMILES string of the molecule is CCC(C)C[Si](C)(C)C. The molecular formula is C8H20Si. The van der Waals surface area contributed by atoms with E-state index in [1.165, 1.54) is 12.5 Å². The summed E-state index contributed by atoms with van der Waals surface area (Å²) in [7, 11) is -0.741. The Morgan fingerprint density at radius 3 is 1.78 bits per heavy atom. The van der Waals surface area contributed by atoms with Gasteiger partial charge in [0.05, 0.1) is 0 Å². The van der Waals surface area contributed by atoms with Crippen LogP contribution in [0.3, 0.4) is 0 Å². The molecule has 0 aromatic heterocycles. The van der Waals surface area contributed by atoms with Crippen molar-refractivity contribution in [3.63, 3.8) is 0 Å². The Morgan fingerprint density at radius 2 is 1.67 bits per heavy atom. The standard InChI is InChI=1S/C8H20Si/c1-6-8(2)7-9(3,4)5/h8H,6-7H2,1-5H3. The van der Waals surface area contributed by atoms with Crippen LogP contribution >= 0.6 is 0 Å². The Labute approximate surface area is 60.7 Å². The summed E-state index contributed by atoms with van der Waals surface area (Å²) < 4.78 is 0. The van der Waals surface area contributed by atoms with Crippen molar-refractivity contribution in [3.05, 3.63) is 0 Å². The first-order chi connectivity index (χ1) is 3.95. The molecule has 1 heteroatoms. The first-order valence-corrected chi connectivity index (χ1v) is 7.66. The summed E-state index contributed by atoms with van der Waals surface area (Å²) in [6.07, 6.45) is 1.35. The summed E-state index contributed by atoms with van der Waals surface area (Å²) in [5, 5.41) is 0. The maximum absolute atomic E-state index is 2.44. The molecule has 1 atom stereocenters. The normalized spacial score (nSPS) is 15.7. The third-order valence-corrected chi connectivity index (χ3v) is 3.58. The van der Waals surface area contributed by atoms with E-state index in [4.69, 9.17) is 0 Å². The highest BCUT2D eigenvalue weighted by Gasteiger charge is 2.15. The minimum Gasteiger partial charge on any atom is -0.0695 e. The van der Waals surface area contributed by atoms with E-state index in [-0.39, 0.29) is 0 Å². The summed E-state index contributed by atoms with van der Waals surface area (Å²) >= 11 is 0. The molecule has 9 heavy (non-hydrogen) atoms. The van der Waals surface area contributed by atoms with E-state index in [0.717, 1.165) is 5.92 Å². The molecule has 0 spiro atoms. The molecule has 0 radical (unpaired) electrons. The summed E-state index contributed by atoms with van der Waals surface area (Å²) in [5.74, 6) is 0.955. The van der Waals surface area contributed by atoms with Gasteiger partial charge in [0, 0.05) is 8.07 Å². The molecule has 0 aliphatic carbocycles. The minimum absolute atomic E-state index is 0.741. The van der Waals surface area contributed by atoms with Crippen LogP contribution in [-0.4, -0.2) is 8.07 Å². The zero-order valence-corrected chi connectivity index (χ0v) is 8.49. The Morgan fingerprint density at radius 1 is 1.22 bits per heavy atom. The third kappa shape index (κ3) is 6.10. The van der Waals surface area contributed by atoms with E-state index in [9.17, 15) is 0 Å². The van der Waals surface area contributed by atoms with Crippen LogP contribution in [0, 0.1) is 5.92 Å². The van der Waals surface area contributed by atoms with Crippen LogP contribution in [0.4, 0.5) is 0 Å². The monoisotopic (exact) mass is 144 g/mol. The van der Waals surface area contributed by atoms with Gasteiger partial charge in [-0.15, -0.1) is 0 Å². The summed E-state index contributed by atoms with van der Waals surface area (Å²) in [6, 6.07) is 1.49. The number of rotatable bonds is 3. The summed E-state index contributed by atoms with van der Waals surface area (Å²) in [4.78, 5) is 0. The van der Waals surface area contributed by atoms with Gasteiger partial charge in [-0.1, -0.05) is 46.0 Å². The van der Waals surface area contributed by atoms with Crippen molar-refractivity contribution >= 4 is 8.07 Å². The average Bonchev–Trinajstić information content (AvgIpc) is 1.62. The van der Waals surface area contributed by atoms with Gasteiger partial charge in [0.25, 0.3) is 0 Å². The molecule has 1 unspecified atom stereocenters. The van der Waals surface area contributed by atoms with E-state index in [0.29, 0.717) is 0 Å². The maximum atomic E-state index is 2.44. The molecule has 0 heterocycles. The first-order valence-electron chi connectivity index (χ1n) is 3.95. The fourth-order valence-electron chi connectivity index (χ4n) is 1.19. The van der Waals surface area contributed by atoms with Crippen molar-refractivity contribution < 1.29 is 0 Å². The molecule has 0 fully saturated rings. The zero-order chi connectivity index (χ0) is 7.49. The molecule has 0 nitrogen and oxygen atoms in total. The highest BCUT2D eigenvalue weighted by Crippen LogP contribution is 2.18. The lowest BCUT2D eigenvalue weighted by molar-refractivity contribution is 0.616. The van der Waals surface area contributed by atoms with Gasteiger partial charge in [-0.05, 0) is 5.92 Å². The predicted octanol–water partition coefficient (Wildman–Crippen LogP) is 3.37. The fourth-order valence-corrected chi connectivity index (χ4v) is 3.57. The molecule has 56 valence electrons. The van der Waals surface area contributed by atoms with E-state index in [2.05, 4.69) is 33.5 Å². The van der Waals surface area contributed by atoms with E-state index in [1.54, 1.807) is 0 Å². The van der Waals surface area contributed by atoms with Gasteiger partial charge in [-0.2, -0.15) is 0 Å². The quantitative estimate of drug-likeness (QED) is 0.533. The summed E-state index contributed by atoms with van der Waals surface area (Å²) in [6.45, 7) is 12.0. The fraction of sp³-hybridized carbons (Fsp3) is 1.00. The van der Waals surface area contributed by atoms with Crippen molar-refractivity contribution in [3.8, 4) is 0 Å². The topological polar surface area (TPSA) is 0 Å². The van der Waals surface area contributed by atoms with Gasteiger partial charge in [0.2, 0.25) is 0 Å². The number of hydrogen-bond acceptors (Lipinski definition) is 0. The van der Waals surface area contributed by atoms with Crippen molar-refractivity contribution in [2.45, 2.75) is 46.0 Å². The first kappa shape index (κ1) is 9.22. The second-order valence-electron chi connectivity index (χ2n) is 4.28. The van der Waals surface area contributed by atoms with Crippen molar-refractivity contribution in [2.75, 3.05) is 0 Å². The Hall–Kier alpha value is 0.217. The van der Waals surface area contributed by atoms with Gasteiger partial charge >= 0.3 is 0 Å². The second-order valence-corrected chi connectivity index (χ2v) is 9.81. The molecule has 0 bridgehead atoms. The van der Waals surface area contributed by atoms with Gasteiger partial charge in [0.1, 0.15) is 0 Å². The average molecular weight is 144 g/mol. The van der Waals surface area contributed by atoms with Gasteiger partial charge in [0.15, 0.2) is 0 Å². The molecule has 0 rings (SSSR count). The third-order valence-electron chi connectivity index (χ3n) is 1.66. The Bertz CT molecular complexity index is 71.1. The van der Waals surface area contributed by atoms with Crippen molar-refractivity contribution in [1.82, 2.24) is 0 Å². The molecule has 0 aromatic carbocycles. The zero-order valence-electron chi connectivity index (χ0n) is 7.49. The highest BCUT2D eigenvalue weighted by molar-refractivity contribution is 6.76. The lowest BCUT2D eigenvalue weighted by atomic mass is 10.2. The molecule has 0 aliphatic rings. The second kappa shape index (κ2) is 3.40. The molecule has 0 saturated heterocycles. The lowest BCUT2D eigenvalue weighted by Crippen LogP contribution is -2.22. The summed E-state index contributed by atoms with van der Waals surface area (Å²) in [5.41, 5.74) is 0. The lowest BCUT2D eigenvalue weighted by Gasteiger charge is -2.19. The molecule has 0 aromatic rings. The Kier molecular flexibility index (Phi) is 3.48. The van der Waals surface area contributed by atoms with Gasteiger partial charge < -0.3 is 0 Å². The van der Waals surface area contributed by atoms with Crippen LogP contribution in [0.25, 0.3) is 0 Å². The van der Waals surface area contributed by atoms with Crippen LogP contribution in [-0.2, 0) is 0 Å².